The molecular formula is C51H32N4O. The molecule has 3 heterocycles. The average molecular weight is 717 g/mol. The minimum absolute atomic E-state index is 0.572. The minimum atomic E-state index is 0.572. The Morgan fingerprint density at radius 1 is 0.321 bits per heavy atom. The van der Waals surface area contributed by atoms with Gasteiger partial charge < -0.3 is 8.98 Å². The van der Waals surface area contributed by atoms with Crippen molar-refractivity contribution >= 4 is 43.7 Å². The predicted molar refractivity (Wildman–Crippen MR) is 229 cm³/mol. The lowest BCUT2D eigenvalue weighted by molar-refractivity contribution is 0.669. The number of furan rings is 1. The summed E-state index contributed by atoms with van der Waals surface area (Å²) in [5.74, 6) is 1.75. The molecule has 5 nitrogen and oxygen atoms in total. The van der Waals surface area contributed by atoms with E-state index in [0.717, 1.165) is 72.0 Å². The van der Waals surface area contributed by atoms with Crippen molar-refractivity contribution < 1.29 is 4.42 Å². The van der Waals surface area contributed by atoms with Gasteiger partial charge in [0.15, 0.2) is 17.5 Å². The van der Waals surface area contributed by atoms with Gasteiger partial charge in [0.1, 0.15) is 11.2 Å². The predicted octanol–water partition coefficient (Wildman–Crippen LogP) is 13.2. The fourth-order valence-electron chi connectivity index (χ4n) is 7.96. The molecule has 56 heavy (non-hydrogen) atoms. The topological polar surface area (TPSA) is 56.7 Å². The van der Waals surface area contributed by atoms with Gasteiger partial charge in [0.2, 0.25) is 0 Å². The van der Waals surface area contributed by atoms with Gasteiger partial charge in [0.25, 0.3) is 0 Å². The van der Waals surface area contributed by atoms with Crippen LogP contribution in [0.3, 0.4) is 0 Å². The van der Waals surface area contributed by atoms with Crippen LogP contribution in [0.1, 0.15) is 0 Å². The average Bonchev–Trinajstić information content (AvgIpc) is 3.82. The first kappa shape index (κ1) is 31.9. The maximum absolute atomic E-state index is 6.32. The first-order chi connectivity index (χ1) is 27.7. The Kier molecular flexibility index (Phi) is 7.42. The van der Waals surface area contributed by atoms with Crippen molar-refractivity contribution in [2.75, 3.05) is 0 Å². The molecule has 11 aromatic rings. The summed E-state index contributed by atoms with van der Waals surface area (Å²) in [5, 5.41) is 4.50. The Hall–Kier alpha value is -7.63. The summed E-state index contributed by atoms with van der Waals surface area (Å²) in [5.41, 5.74) is 12.0. The lowest BCUT2D eigenvalue weighted by Crippen LogP contribution is -2.04. The number of fused-ring (bicyclic) bond motifs is 6. The van der Waals surface area contributed by atoms with E-state index in [1.807, 2.05) is 54.6 Å². The van der Waals surface area contributed by atoms with Gasteiger partial charge in [-0.05, 0) is 64.7 Å². The van der Waals surface area contributed by atoms with Crippen molar-refractivity contribution in [3.8, 4) is 62.1 Å². The Morgan fingerprint density at radius 3 is 1.59 bits per heavy atom. The number of para-hydroxylation sites is 2. The van der Waals surface area contributed by atoms with Gasteiger partial charge >= 0.3 is 0 Å². The molecule has 0 aliphatic rings. The largest absolute Gasteiger partial charge is 0.456 e. The Morgan fingerprint density at radius 2 is 0.839 bits per heavy atom. The number of hydrogen-bond donors (Lipinski definition) is 0. The fraction of sp³-hybridized carbons (Fsp3) is 0. The summed E-state index contributed by atoms with van der Waals surface area (Å²) in [6, 6.07) is 67.6. The molecule has 0 saturated carbocycles. The highest BCUT2D eigenvalue weighted by Gasteiger charge is 2.21. The molecular weight excluding hydrogens is 685 g/mol. The van der Waals surface area contributed by atoms with E-state index in [9.17, 15) is 0 Å². The van der Waals surface area contributed by atoms with Crippen LogP contribution in [0.15, 0.2) is 199 Å². The summed E-state index contributed by atoms with van der Waals surface area (Å²) in [4.78, 5) is 15.6. The standard InChI is InChI=1S/C51H32N4O/c1-4-14-33(15-5-1)36-24-27-40-39-20-10-12-22-44(39)55(45(40)30-36)46-31-37(34-16-6-2-7-17-34)25-29-43(46)51-53-49(35-18-8-3-9-19-35)52-50(54-51)38-26-28-42-41-21-11-13-23-47(41)56-48(42)32-38/h1-32H. The second kappa shape index (κ2) is 13.0. The third kappa shape index (κ3) is 5.37. The van der Waals surface area contributed by atoms with Gasteiger partial charge in [-0.25, -0.2) is 15.0 Å². The quantitative estimate of drug-likeness (QED) is 0.172. The SMILES string of the molecule is c1ccc(-c2ccc(-c3nc(-c4ccccc4)nc(-c4ccc5c(c4)oc4ccccc45)n3)c(-n3c4ccccc4c4ccc(-c5ccccc5)cc43)c2)cc1. The Bertz CT molecular complexity index is 3240. The van der Waals surface area contributed by atoms with Crippen molar-refractivity contribution in [3.63, 3.8) is 0 Å². The first-order valence-electron chi connectivity index (χ1n) is 18.8. The van der Waals surface area contributed by atoms with E-state index >= 15 is 0 Å². The molecule has 0 aliphatic heterocycles. The molecule has 0 unspecified atom stereocenters. The molecule has 0 aliphatic carbocycles. The van der Waals surface area contributed by atoms with Crippen LogP contribution in [0.2, 0.25) is 0 Å². The van der Waals surface area contributed by atoms with Gasteiger partial charge in [-0.2, -0.15) is 0 Å². The zero-order chi connectivity index (χ0) is 37.0. The molecule has 262 valence electrons. The normalized spacial score (nSPS) is 11.6. The molecule has 0 spiro atoms. The molecule has 5 heteroatoms. The van der Waals surface area contributed by atoms with Crippen molar-refractivity contribution in [1.29, 1.82) is 0 Å². The molecule has 0 radical (unpaired) electrons. The molecule has 0 N–H and O–H groups in total. The molecule has 0 fully saturated rings. The smallest absolute Gasteiger partial charge is 0.166 e. The van der Waals surface area contributed by atoms with Gasteiger partial charge in [0, 0.05) is 38.2 Å². The van der Waals surface area contributed by atoms with Crippen LogP contribution >= 0.6 is 0 Å². The van der Waals surface area contributed by atoms with Crippen LogP contribution in [-0.4, -0.2) is 19.5 Å². The number of rotatable bonds is 6. The zero-order valence-corrected chi connectivity index (χ0v) is 30.2. The van der Waals surface area contributed by atoms with E-state index in [0.29, 0.717) is 17.5 Å². The van der Waals surface area contributed by atoms with Crippen LogP contribution < -0.4 is 0 Å². The molecule has 11 rings (SSSR count). The number of aromatic nitrogens is 4. The summed E-state index contributed by atoms with van der Waals surface area (Å²) >= 11 is 0. The Labute approximate surface area is 322 Å². The number of hydrogen-bond acceptors (Lipinski definition) is 4. The highest BCUT2D eigenvalue weighted by atomic mass is 16.3. The van der Waals surface area contributed by atoms with E-state index in [2.05, 4.69) is 144 Å². The first-order valence-corrected chi connectivity index (χ1v) is 18.8. The molecule has 0 atom stereocenters. The maximum atomic E-state index is 6.32. The molecule has 0 bridgehead atoms. The van der Waals surface area contributed by atoms with Gasteiger partial charge in [-0.1, -0.05) is 152 Å². The summed E-state index contributed by atoms with van der Waals surface area (Å²) < 4.78 is 8.70. The van der Waals surface area contributed by atoms with E-state index in [-0.39, 0.29) is 0 Å². The van der Waals surface area contributed by atoms with E-state index in [4.69, 9.17) is 19.4 Å². The van der Waals surface area contributed by atoms with Crippen molar-refractivity contribution in [2.24, 2.45) is 0 Å². The van der Waals surface area contributed by atoms with Gasteiger partial charge in [-0.15, -0.1) is 0 Å². The minimum Gasteiger partial charge on any atom is -0.456 e. The van der Waals surface area contributed by atoms with Crippen molar-refractivity contribution in [1.82, 2.24) is 19.5 Å². The molecule has 0 amide bonds. The van der Waals surface area contributed by atoms with E-state index < -0.39 is 0 Å². The lowest BCUT2D eigenvalue weighted by Gasteiger charge is -2.17. The second-order valence-electron chi connectivity index (χ2n) is 14.0. The molecule has 3 aromatic heterocycles. The lowest BCUT2D eigenvalue weighted by atomic mass is 10.0. The number of benzene rings is 8. The Balaban J connectivity index is 1.19. The van der Waals surface area contributed by atoms with Crippen LogP contribution in [0.5, 0.6) is 0 Å². The van der Waals surface area contributed by atoms with Crippen LogP contribution in [-0.2, 0) is 0 Å². The third-order valence-electron chi connectivity index (χ3n) is 10.7. The maximum Gasteiger partial charge on any atom is 0.166 e. The van der Waals surface area contributed by atoms with Gasteiger partial charge in [-0.3, -0.25) is 0 Å². The van der Waals surface area contributed by atoms with E-state index in [1.54, 1.807) is 0 Å². The fourth-order valence-corrected chi connectivity index (χ4v) is 7.96. The zero-order valence-electron chi connectivity index (χ0n) is 30.2. The highest BCUT2D eigenvalue weighted by Crippen LogP contribution is 2.40. The van der Waals surface area contributed by atoms with E-state index in [1.165, 1.54) is 16.3 Å². The molecule has 0 saturated heterocycles. The summed E-state index contributed by atoms with van der Waals surface area (Å²) in [6.45, 7) is 0. The van der Waals surface area contributed by atoms with Crippen LogP contribution in [0, 0.1) is 0 Å². The summed E-state index contributed by atoms with van der Waals surface area (Å²) in [7, 11) is 0. The molecule has 8 aromatic carbocycles. The number of nitrogens with zero attached hydrogens (tertiary/aromatic N) is 4. The summed E-state index contributed by atoms with van der Waals surface area (Å²) in [6.07, 6.45) is 0. The van der Waals surface area contributed by atoms with Crippen molar-refractivity contribution in [3.05, 3.63) is 194 Å². The van der Waals surface area contributed by atoms with Crippen LogP contribution in [0.25, 0.3) is 106 Å². The monoisotopic (exact) mass is 716 g/mol. The third-order valence-corrected chi connectivity index (χ3v) is 10.7. The van der Waals surface area contributed by atoms with Crippen molar-refractivity contribution in [2.45, 2.75) is 0 Å². The highest BCUT2D eigenvalue weighted by molar-refractivity contribution is 6.11. The van der Waals surface area contributed by atoms with Gasteiger partial charge in [0.05, 0.1) is 16.7 Å². The second-order valence-corrected chi connectivity index (χ2v) is 14.0. The van der Waals surface area contributed by atoms with Crippen LogP contribution in [0.4, 0.5) is 0 Å².